The number of aromatic nitrogens is 3. The van der Waals surface area contributed by atoms with Gasteiger partial charge in [-0.2, -0.15) is 0 Å². The van der Waals surface area contributed by atoms with Crippen LogP contribution >= 0.6 is 0 Å². The summed E-state index contributed by atoms with van der Waals surface area (Å²) in [6.45, 7) is 0.433. The quantitative estimate of drug-likeness (QED) is 0.884. The minimum atomic E-state index is -0.208. The smallest absolute Gasteiger partial charge is 0.270 e. The number of pyridine rings is 1. The van der Waals surface area contributed by atoms with Crippen molar-refractivity contribution < 1.29 is 4.79 Å². The van der Waals surface area contributed by atoms with Crippen molar-refractivity contribution in [1.82, 2.24) is 20.3 Å². The lowest BCUT2D eigenvalue weighted by atomic mass is 10.2. The van der Waals surface area contributed by atoms with E-state index in [4.69, 9.17) is 0 Å². The highest BCUT2D eigenvalue weighted by atomic mass is 16.1. The maximum atomic E-state index is 12.2. The first-order valence-corrected chi connectivity index (χ1v) is 7.58. The summed E-state index contributed by atoms with van der Waals surface area (Å²) in [5, 5.41) is 6.14. The lowest BCUT2D eigenvalue weighted by Crippen LogP contribution is -2.25. The molecule has 0 radical (unpaired) electrons. The average Bonchev–Trinajstić information content (AvgIpc) is 3.07. The van der Waals surface area contributed by atoms with Crippen molar-refractivity contribution in [1.29, 1.82) is 0 Å². The molecule has 0 atom stereocenters. The summed E-state index contributed by atoms with van der Waals surface area (Å²) < 4.78 is 0. The molecule has 1 amide bonds. The van der Waals surface area contributed by atoms with Gasteiger partial charge in [0.25, 0.3) is 5.91 Å². The second-order valence-corrected chi connectivity index (χ2v) is 5.44. The number of carbonyl (C=O) groups excluding carboxylic acids is 1. The Morgan fingerprint density at radius 1 is 1.23 bits per heavy atom. The minimum Gasteiger partial charge on any atom is -0.351 e. The van der Waals surface area contributed by atoms with Crippen LogP contribution in [0.3, 0.4) is 0 Å². The number of nitrogens with one attached hydrogen (secondary N) is 2. The van der Waals surface area contributed by atoms with Crippen LogP contribution in [0.5, 0.6) is 0 Å². The molecule has 0 saturated heterocycles. The van der Waals surface area contributed by atoms with Crippen molar-refractivity contribution in [3.05, 3.63) is 48.0 Å². The Balaban J connectivity index is 1.59. The second-order valence-electron chi connectivity index (χ2n) is 5.44. The molecule has 0 aromatic carbocycles. The predicted molar refractivity (Wildman–Crippen MR) is 83.3 cm³/mol. The first-order valence-electron chi connectivity index (χ1n) is 7.58. The second kappa shape index (κ2) is 6.98. The van der Waals surface area contributed by atoms with Gasteiger partial charge in [-0.15, -0.1) is 0 Å². The van der Waals surface area contributed by atoms with Crippen LogP contribution in [0.1, 0.15) is 41.7 Å². The maximum absolute atomic E-state index is 12.2. The van der Waals surface area contributed by atoms with Gasteiger partial charge in [0.05, 0.1) is 0 Å². The van der Waals surface area contributed by atoms with Gasteiger partial charge >= 0.3 is 0 Å². The number of nitrogens with zero attached hydrogens (tertiary/aromatic N) is 3. The van der Waals surface area contributed by atoms with Crippen molar-refractivity contribution in [2.45, 2.75) is 38.3 Å². The SMILES string of the molecule is O=C(NCc1cccnc1)c1ccnc(NC2CCCC2)n1. The van der Waals surface area contributed by atoms with E-state index in [2.05, 4.69) is 25.6 Å². The van der Waals surface area contributed by atoms with E-state index in [9.17, 15) is 4.79 Å². The Bertz CT molecular complexity index is 625. The highest BCUT2D eigenvalue weighted by Crippen LogP contribution is 2.20. The van der Waals surface area contributed by atoms with Gasteiger partial charge in [0, 0.05) is 31.2 Å². The van der Waals surface area contributed by atoms with Gasteiger partial charge in [0.1, 0.15) is 5.69 Å². The number of anilines is 1. The Hall–Kier alpha value is -2.50. The van der Waals surface area contributed by atoms with E-state index in [0.29, 0.717) is 24.2 Å². The molecule has 0 unspecified atom stereocenters. The highest BCUT2D eigenvalue weighted by molar-refractivity contribution is 5.92. The first-order chi connectivity index (χ1) is 10.8. The van der Waals surface area contributed by atoms with E-state index in [1.54, 1.807) is 24.7 Å². The van der Waals surface area contributed by atoms with Crippen LogP contribution in [0.2, 0.25) is 0 Å². The zero-order valence-electron chi connectivity index (χ0n) is 12.3. The molecule has 6 nitrogen and oxygen atoms in total. The van der Waals surface area contributed by atoms with Gasteiger partial charge in [0.15, 0.2) is 0 Å². The number of carbonyl (C=O) groups is 1. The first kappa shape index (κ1) is 14.4. The predicted octanol–water partition coefficient (Wildman–Crippen LogP) is 2.16. The standard InChI is InChI=1S/C16H19N5O/c22-15(19-11-12-4-3-8-17-10-12)14-7-9-18-16(21-14)20-13-5-1-2-6-13/h3-4,7-10,13H,1-2,5-6,11H2,(H,19,22)(H,18,20,21). The van der Waals surface area contributed by atoms with Crippen molar-refractivity contribution in [3.63, 3.8) is 0 Å². The summed E-state index contributed by atoms with van der Waals surface area (Å²) >= 11 is 0. The molecule has 3 rings (SSSR count). The summed E-state index contributed by atoms with van der Waals surface area (Å²) in [5.74, 6) is 0.321. The van der Waals surface area contributed by atoms with Gasteiger partial charge in [0.2, 0.25) is 5.95 Å². The van der Waals surface area contributed by atoms with Gasteiger partial charge in [-0.05, 0) is 30.5 Å². The van der Waals surface area contributed by atoms with Gasteiger partial charge in [-0.1, -0.05) is 18.9 Å². The lowest BCUT2D eigenvalue weighted by molar-refractivity contribution is 0.0946. The molecule has 1 saturated carbocycles. The summed E-state index contributed by atoms with van der Waals surface area (Å²) in [6, 6.07) is 5.81. The largest absolute Gasteiger partial charge is 0.351 e. The molecule has 2 N–H and O–H groups in total. The Labute approximate surface area is 129 Å². The molecule has 0 aliphatic heterocycles. The lowest BCUT2D eigenvalue weighted by Gasteiger charge is -2.12. The number of rotatable bonds is 5. The van der Waals surface area contributed by atoms with Crippen LogP contribution in [-0.2, 0) is 6.54 Å². The van der Waals surface area contributed by atoms with Gasteiger partial charge in [-0.25, -0.2) is 9.97 Å². The molecule has 1 aliphatic rings. The fraction of sp³-hybridized carbons (Fsp3) is 0.375. The number of hydrogen-bond donors (Lipinski definition) is 2. The number of hydrogen-bond acceptors (Lipinski definition) is 5. The fourth-order valence-electron chi connectivity index (χ4n) is 2.58. The van der Waals surface area contributed by atoms with Crippen LogP contribution < -0.4 is 10.6 Å². The molecular weight excluding hydrogens is 278 g/mol. The highest BCUT2D eigenvalue weighted by Gasteiger charge is 2.16. The molecule has 0 spiro atoms. The fourth-order valence-corrected chi connectivity index (χ4v) is 2.58. The zero-order chi connectivity index (χ0) is 15.2. The van der Waals surface area contributed by atoms with Crippen LogP contribution in [0, 0.1) is 0 Å². The summed E-state index contributed by atoms with van der Waals surface area (Å²) in [4.78, 5) is 24.7. The molecule has 2 aromatic heterocycles. The van der Waals surface area contributed by atoms with Crippen molar-refractivity contribution >= 4 is 11.9 Å². The van der Waals surface area contributed by atoms with E-state index >= 15 is 0 Å². The molecule has 22 heavy (non-hydrogen) atoms. The molecule has 1 aliphatic carbocycles. The molecule has 0 bridgehead atoms. The summed E-state index contributed by atoms with van der Waals surface area (Å²) in [5.41, 5.74) is 1.33. The molecule has 2 aromatic rings. The van der Waals surface area contributed by atoms with E-state index < -0.39 is 0 Å². The minimum absolute atomic E-state index is 0.208. The summed E-state index contributed by atoms with van der Waals surface area (Å²) in [7, 11) is 0. The van der Waals surface area contributed by atoms with Gasteiger partial charge in [-0.3, -0.25) is 9.78 Å². The van der Waals surface area contributed by atoms with E-state index in [1.807, 2.05) is 12.1 Å². The Morgan fingerprint density at radius 2 is 2.09 bits per heavy atom. The molecular formula is C16H19N5O. The number of amides is 1. The third-order valence-electron chi connectivity index (χ3n) is 3.75. The van der Waals surface area contributed by atoms with E-state index in [0.717, 1.165) is 18.4 Å². The Kier molecular flexibility index (Phi) is 4.58. The molecule has 6 heteroatoms. The molecule has 1 fully saturated rings. The molecule has 2 heterocycles. The van der Waals surface area contributed by atoms with E-state index in [1.165, 1.54) is 12.8 Å². The van der Waals surface area contributed by atoms with Crippen LogP contribution in [0.15, 0.2) is 36.8 Å². The monoisotopic (exact) mass is 297 g/mol. The third kappa shape index (κ3) is 3.78. The normalized spacial score (nSPS) is 14.7. The maximum Gasteiger partial charge on any atom is 0.270 e. The summed E-state index contributed by atoms with van der Waals surface area (Å²) in [6.07, 6.45) is 9.81. The van der Waals surface area contributed by atoms with Crippen LogP contribution in [0.4, 0.5) is 5.95 Å². The average molecular weight is 297 g/mol. The third-order valence-corrected chi connectivity index (χ3v) is 3.75. The molecule has 114 valence electrons. The van der Waals surface area contributed by atoms with Crippen LogP contribution in [-0.4, -0.2) is 26.9 Å². The van der Waals surface area contributed by atoms with Crippen molar-refractivity contribution in [2.75, 3.05) is 5.32 Å². The van der Waals surface area contributed by atoms with Crippen LogP contribution in [0.25, 0.3) is 0 Å². The zero-order valence-corrected chi connectivity index (χ0v) is 12.3. The van der Waals surface area contributed by atoms with E-state index in [-0.39, 0.29) is 5.91 Å². The van der Waals surface area contributed by atoms with Gasteiger partial charge < -0.3 is 10.6 Å². The Morgan fingerprint density at radius 3 is 2.86 bits per heavy atom. The van der Waals surface area contributed by atoms with Crippen molar-refractivity contribution in [2.24, 2.45) is 0 Å². The topological polar surface area (TPSA) is 79.8 Å². The van der Waals surface area contributed by atoms with Crippen molar-refractivity contribution in [3.8, 4) is 0 Å².